The quantitative estimate of drug-likeness (QED) is 0.526. The van der Waals surface area contributed by atoms with Gasteiger partial charge < -0.3 is 15.4 Å². The molecule has 0 aliphatic heterocycles. The number of nitrogens with two attached hydrogens (primary N) is 1. The number of aryl methyl sites for hydroxylation is 1. The monoisotopic (exact) mass is 331 g/mol. The Hall–Kier alpha value is -2.77. The van der Waals surface area contributed by atoms with Crippen molar-refractivity contribution in [3.8, 4) is 11.1 Å². The zero-order valence-corrected chi connectivity index (χ0v) is 14.5. The summed E-state index contributed by atoms with van der Waals surface area (Å²) < 4.78 is 2.26. The van der Waals surface area contributed by atoms with Crippen LogP contribution in [0.4, 0.5) is 11.4 Å². The zero-order valence-electron chi connectivity index (χ0n) is 14.5. The van der Waals surface area contributed by atoms with Gasteiger partial charge in [-0.2, -0.15) is 0 Å². The fourth-order valence-corrected chi connectivity index (χ4v) is 3.76. The third-order valence-corrected chi connectivity index (χ3v) is 5.42. The molecule has 126 valence electrons. The van der Waals surface area contributed by atoms with Crippen LogP contribution in [0.5, 0.6) is 0 Å². The standard InChI is InChI=1S/C21H21N3O/c1-12-7-21-17(10-20(12)23-3)18(11-24(21)14-8-15(25)9-14)16-5-4-6-19(22)13(16)2/h4-7,10-11,14-15,25H,8-9,22H2,1-2H3. The molecule has 3 aromatic rings. The van der Waals surface area contributed by atoms with E-state index in [9.17, 15) is 5.11 Å². The highest BCUT2D eigenvalue weighted by atomic mass is 16.3. The highest BCUT2D eigenvalue weighted by molar-refractivity contribution is 6.00. The molecule has 1 aliphatic rings. The van der Waals surface area contributed by atoms with Crippen molar-refractivity contribution in [1.29, 1.82) is 0 Å². The summed E-state index contributed by atoms with van der Waals surface area (Å²) in [5.74, 6) is 0. The Morgan fingerprint density at radius 2 is 1.96 bits per heavy atom. The van der Waals surface area contributed by atoms with E-state index < -0.39 is 0 Å². The van der Waals surface area contributed by atoms with E-state index in [1.807, 2.05) is 32.0 Å². The summed E-state index contributed by atoms with van der Waals surface area (Å²) in [4.78, 5) is 3.67. The van der Waals surface area contributed by atoms with Gasteiger partial charge in [-0.3, -0.25) is 0 Å². The number of hydrogen-bond acceptors (Lipinski definition) is 2. The Morgan fingerprint density at radius 1 is 1.20 bits per heavy atom. The first-order chi connectivity index (χ1) is 12.0. The molecule has 2 aromatic carbocycles. The summed E-state index contributed by atoms with van der Waals surface area (Å²) in [5.41, 5.74) is 12.9. The topological polar surface area (TPSA) is 55.5 Å². The van der Waals surface area contributed by atoms with E-state index in [1.54, 1.807) is 0 Å². The van der Waals surface area contributed by atoms with Crippen LogP contribution in [0.1, 0.15) is 30.0 Å². The first-order valence-electron chi connectivity index (χ1n) is 8.55. The second-order valence-corrected chi connectivity index (χ2v) is 7.02. The van der Waals surface area contributed by atoms with Crippen LogP contribution in [0.15, 0.2) is 36.5 Å². The number of aliphatic hydroxyl groups excluding tert-OH is 1. The summed E-state index contributed by atoms with van der Waals surface area (Å²) in [6, 6.07) is 10.4. The minimum Gasteiger partial charge on any atom is -0.398 e. The number of nitrogen functional groups attached to an aromatic ring is 1. The summed E-state index contributed by atoms with van der Waals surface area (Å²) >= 11 is 0. The van der Waals surface area contributed by atoms with E-state index >= 15 is 0 Å². The Labute approximate surface area is 147 Å². The zero-order chi connectivity index (χ0) is 17.7. The maximum Gasteiger partial charge on any atom is 0.190 e. The third kappa shape index (κ3) is 2.40. The van der Waals surface area contributed by atoms with Crippen molar-refractivity contribution < 1.29 is 5.11 Å². The van der Waals surface area contributed by atoms with E-state index in [-0.39, 0.29) is 6.10 Å². The van der Waals surface area contributed by atoms with Crippen LogP contribution in [0, 0.1) is 20.4 Å². The van der Waals surface area contributed by atoms with Gasteiger partial charge in [-0.15, -0.1) is 0 Å². The van der Waals surface area contributed by atoms with Crippen molar-refractivity contribution in [2.75, 3.05) is 5.73 Å². The van der Waals surface area contributed by atoms with Crippen LogP contribution in [-0.2, 0) is 0 Å². The first kappa shape index (κ1) is 15.7. The highest BCUT2D eigenvalue weighted by Gasteiger charge is 2.30. The Morgan fingerprint density at radius 3 is 2.64 bits per heavy atom. The van der Waals surface area contributed by atoms with Crippen LogP contribution in [0.2, 0.25) is 0 Å². The van der Waals surface area contributed by atoms with Crippen LogP contribution in [0.3, 0.4) is 0 Å². The maximum absolute atomic E-state index is 9.72. The molecule has 4 nitrogen and oxygen atoms in total. The average Bonchev–Trinajstić information content (AvgIpc) is 2.91. The number of anilines is 1. The molecule has 1 saturated carbocycles. The third-order valence-electron chi connectivity index (χ3n) is 5.42. The smallest absolute Gasteiger partial charge is 0.190 e. The van der Waals surface area contributed by atoms with Gasteiger partial charge in [-0.25, -0.2) is 4.85 Å². The molecule has 1 aromatic heterocycles. The molecular formula is C21H21N3O. The van der Waals surface area contributed by atoms with Gasteiger partial charge in [0, 0.05) is 29.0 Å². The summed E-state index contributed by atoms with van der Waals surface area (Å²) in [5, 5.41) is 10.8. The van der Waals surface area contributed by atoms with Gasteiger partial charge in [0.05, 0.1) is 12.7 Å². The fourth-order valence-electron chi connectivity index (χ4n) is 3.76. The van der Waals surface area contributed by atoms with Crippen LogP contribution in [-0.4, -0.2) is 15.8 Å². The van der Waals surface area contributed by atoms with Crippen molar-refractivity contribution >= 4 is 22.3 Å². The predicted octanol–water partition coefficient (Wildman–Crippen LogP) is 4.75. The van der Waals surface area contributed by atoms with E-state index in [0.717, 1.165) is 51.7 Å². The Bertz CT molecular complexity index is 1020. The molecule has 4 heteroatoms. The lowest BCUT2D eigenvalue weighted by Crippen LogP contribution is -2.30. The minimum absolute atomic E-state index is 0.205. The normalized spacial score (nSPS) is 19.6. The van der Waals surface area contributed by atoms with Crippen molar-refractivity contribution in [1.82, 2.24) is 4.57 Å². The molecule has 0 bridgehead atoms. The number of fused-ring (bicyclic) bond motifs is 1. The van der Waals surface area contributed by atoms with Gasteiger partial charge in [0.25, 0.3) is 0 Å². The average molecular weight is 331 g/mol. The first-order valence-corrected chi connectivity index (χ1v) is 8.55. The molecule has 0 atom stereocenters. The largest absolute Gasteiger partial charge is 0.398 e. The second-order valence-electron chi connectivity index (χ2n) is 7.02. The van der Waals surface area contributed by atoms with Crippen LogP contribution in [0.25, 0.3) is 26.9 Å². The molecule has 0 saturated heterocycles. The van der Waals surface area contributed by atoms with Crippen LogP contribution >= 0.6 is 0 Å². The van der Waals surface area contributed by atoms with Crippen molar-refractivity contribution in [2.45, 2.75) is 38.8 Å². The highest BCUT2D eigenvalue weighted by Crippen LogP contribution is 2.42. The Balaban J connectivity index is 2.00. The number of benzene rings is 2. The van der Waals surface area contributed by atoms with E-state index in [4.69, 9.17) is 12.3 Å². The molecule has 25 heavy (non-hydrogen) atoms. The number of rotatable bonds is 2. The molecule has 0 unspecified atom stereocenters. The predicted molar refractivity (Wildman–Crippen MR) is 102 cm³/mol. The van der Waals surface area contributed by atoms with Gasteiger partial charge in [0.15, 0.2) is 5.69 Å². The van der Waals surface area contributed by atoms with Crippen LogP contribution < -0.4 is 5.73 Å². The number of aliphatic hydroxyl groups is 1. The summed E-state index contributed by atoms with van der Waals surface area (Å²) in [7, 11) is 0. The van der Waals surface area contributed by atoms with E-state index in [2.05, 4.69) is 27.7 Å². The Kier molecular flexibility index (Phi) is 3.55. The fraction of sp³-hybridized carbons (Fsp3) is 0.286. The molecule has 1 fully saturated rings. The van der Waals surface area contributed by atoms with E-state index in [0.29, 0.717) is 11.7 Å². The van der Waals surface area contributed by atoms with Crippen molar-refractivity contribution in [3.05, 3.63) is 59.1 Å². The molecule has 0 spiro atoms. The lowest BCUT2D eigenvalue weighted by molar-refractivity contribution is 0.0504. The van der Waals surface area contributed by atoms with Gasteiger partial charge in [0.2, 0.25) is 0 Å². The SMILES string of the molecule is [C-]#[N+]c1cc2c(-c3cccc(N)c3C)cn(C3CC(O)C3)c2cc1C. The molecule has 0 radical (unpaired) electrons. The summed E-state index contributed by atoms with van der Waals surface area (Å²) in [6.07, 6.45) is 3.52. The molecular weight excluding hydrogens is 310 g/mol. The lowest BCUT2D eigenvalue weighted by Gasteiger charge is -2.33. The number of hydrogen-bond donors (Lipinski definition) is 2. The molecule has 4 rings (SSSR count). The molecule has 1 heterocycles. The minimum atomic E-state index is -0.205. The number of nitrogens with zero attached hydrogens (tertiary/aromatic N) is 2. The van der Waals surface area contributed by atoms with Crippen molar-refractivity contribution in [3.63, 3.8) is 0 Å². The molecule has 1 aliphatic carbocycles. The van der Waals surface area contributed by atoms with Gasteiger partial charge in [-0.1, -0.05) is 12.1 Å². The maximum atomic E-state index is 9.72. The van der Waals surface area contributed by atoms with Gasteiger partial charge in [-0.05, 0) is 67.0 Å². The van der Waals surface area contributed by atoms with Crippen molar-refractivity contribution in [2.24, 2.45) is 0 Å². The second kappa shape index (κ2) is 5.65. The van der Waals surface area contributed by atoms with Gasteiger partial charge in [0.1, 0.15) is 0 Å². The molecule has 3 N–H and O–H groups in total. The lowest BCUT2D eigenvalue weighted by atomic mass is 9.89. The summed E-state index contributed by atoms with van der Waals surface area (Å²) in [6.45, 7) is 11.5. The van der Waals surface area contributed by atoms with Gasteiger partial charge >= 0.3 is 0 Å². The number of aromatic nitrogens is 1. The van der Waals surface area contributed by atoms with E-state index in [1.165, 1.54) is 0 Å². The molecule has 0 amide bonds.